The molecule has 7 atom stereocenters. The first kappa shape index (κ1) is 7.86. The first-order valence-corrected chi connectivity index (χ1v) is 5.72. The second-order valence-corrected chi connectivity index (χ2v) is 6.42. The molecule has 1 N–H and O–H groups in total. The van der Waals surface area contributed by atoms with E-state index in [1.54, 1.807) is 0 Å². The molecule has 0 radical (unpaired) electrons. The molecule has 5 saturated carbocycles. The SMILES string of the molecule is CC12CC3C(=O)C4C(C(O)C3C1)C42C. The summed E-state index contributed by atoms with van der Waals surface area (Å²) in [4.78, 5) is 12.0. The predicted molar refractivity (Wildman–Crippen MR) is 50.4 cm³/mol. The highest BCUT2D eigenvalue weighted by Crippen LogP contribution is 2.83. The summed E-state index contributed by atoms with van der Waals surface area (Å²) in [7, 11) is 0. The van der Waals surface area contributed by atoms with Crippen molar-refractivity contribution in [2.45, 2.75) is 32.8 Å². The molecular formula is C12H16O2. The summed E-state index contributed by atoms with van der Waals surface area (Å²) in [5.41, 5.74) is 0.526. The average Bonchev–Trinajstić information content (AvgIpc) is 2.62. The molecule has 2 nitrogen and oxygen atoms in total. The van der Waals surface area contributed by atoms with Gasteiger partial charge >= 0.3 is 0 Å². The first-order chi connectivity index (χ1) is 6.51. The Labute approximate surface area is 83.7 Å². The standard InChI is InChI=1S/C12H16O2/c1-11-3-5-6(4-11)10(14)8-7(9(5)13)12(8,11)2/h5-9,13H,3-4H2,1-2H3. The molecule has 2 heteroatoms. The number of hydrogen-bond donors (Lipinski definition) is 1. The molecule has 0 aromatic rings. The van der Waals surface area contributed by atoms with Crippen LogP contribution in [-0.2, 0) is 4.79 Å². The molecule has 0 aromatic heterocycles. The Morgan fingerprint density at radius 3 is 2.79 bits per heavy atom. The Morgan fingerprint density at radius 2 is 2.07 bits per heavy atom. The van der Waals surface area contributed by atoms with E-state index >= 15 is 0 Å². The monoisotopic (exact) mass is 192 g/mol. The Morgan fingerprint density at radius 1 is 1.36 bits per heavy atom. The summed E-state index contributed by atoms with van der Waals surface area (Å²) in [5, 5.41) is 10.2. The van der Waals surface area contributed by atoms with E-state index in [-0.39, 0.29) is 23.4 Å². The maximum Gasteiger partial charge on any atom is 0.140 e. The van der Waals surface area contributed by atoms with Gasteiger partial charge in [-0.3, -0.25) is 4.79 Å². The fourth-order valence-corrected chi connectivity index (χ4v) is 5.34. The third-order valence-corrected chi connectivity index (χ3v) is 6.24. The van der Waals surface area contributed by atoms with E-state index in [2.05, 4.69) is 13.8 Å². The minimum Gasteiger partial charge on any atom is -0.392 e. The lowest BCUT2D eigenvalue weighted by molar-refractivity contribution is -0.131. The summed E-state index contributed by atoms with van der Waals surface area (Å²) in [6.45, 7) is 4.58. The van der Waals surface area contributed by atoms with Crippen LogP contribution in [0, 0.1) is 34.5 Å². The fourth-order valence-electron chi connectivity index (χ4n) is 5.34. The number of rotatable bonds is 0. The van der Waals surface area contributed by atoms with Crippen molar-refractivity contribution in [2.75, 3.05) is 0 Å². The lowest BCUT2D eigenvalue weighted by Crippen LogP contribution is -2.37. The smallest absolute Gasteiger partial charge is 0.140 e. The highest BCUT2D eigenvalue weighted by Gasteiger charge is 2.84. The summed E-state index contributed by atoms with van der Waals surface area (Å²) in [6, 6.07) is 0. The van der Waals surface area contributed by atoms with Crippen molar-refractivity contribution in [3.05, 3.63) is 0 Å². The lowest BCUT2D eigenvalue weighted by atomic mass is 9.66. The Bertz CT molecular complexity index is 363. The highest BCUT2D eigenvalue weighted by atomic mass is 16.3. The number of carbonyl (C=O) groups is 1. The number of Topliss-reactive ketones (excluding diaryl/α,β-unsaturated/α-hetero) is 1. The second-order valence-electron chi connectivity index (χ2n) is 6.42. The van der Waals surface area contributed by atoms with E-state index in [1.165, 1.54) is 0 Å². The minimum absolute atomic E-state index is 0.160. The summed E-state index contributed by atoms with van der Waals surface area (Å²) in [6.07, 6.45) is 1.98. The zero-order chi connectivity index (χ0) is 9.88. The number of aliphatic hydroxyl groups excluding tert-OH is 1. The van der Waals surface area contributed by atoms with Gasteiger partial charge in [0.2, 0.25) is 0 Å². The van der Waals surface area contributed by atoms with Gasteiger partial charge in [0.15, 0.2) is 0 Å². The molecule has 0 heterocycles. The Balaban J connectivity index is 1.97. The first-order valence-electron chi connectivity index (χ1n) is 5.72. The van der Waals surface area contributed by atoms with Gasteiger partial charge in [-0.15, -0.1) is 0 Å². The topological polar surface area (TPSA) is 37.3 Å². The van der Waals surface area contributed by atoms with Crippen molar-refractivity contribution in [1.82, 2.24) is 0 Å². The van der Waals surface area contributed by atoms with Crippen LogP contribution >= 0.6 is 0 Å². The molecule has 0 aromatic carbocycles. The zero-order valence-corrected chi connectivity index (χ0v) is 8.66. The van der Waals surface area contributed by atoms with Crippen molar-refractivity contribution in [3.63, 3.8) is 0 Å². The molecule has 5 aliphatic rings. The van der Waals surface area contributed by atoms with Crippen molar-refractivity contribution in [1.29, 1.82) is 0 Å². The van der Waals surface area contributed by atoms with Crippen LogP contribution in [-0.4, -0.2) is 17.0 Å². The maximum atomic E-state index is 12.0. The van der Waals surface area contributed by atoms with Gasteiger partial charge in [-0.1, -0.05) is 13.8 Å². The zero-order valence-electron chi connectivity index (χ0n) is 8.66. The molecule has 0 saturated heterocycles. The number of aliphatic hydroxyl groups is 1. The van der Waals surface area contributed by atoms with Gasteiger partial charge in [-0.2, -0.15) is 0 Å². The van der Waals surface area contributed by atoms with Crippen LogP contribution < -0.4 is 0 Å². The molecule has 0 spiro atoms. The van der Waals surface area contributed by atoms with Crippen LogP contribution in [0.25, 0.3) is 0 Å². The molecule has 5 bridgehead atoms. The Hall–Kier alpha value is -0.370. The third-order valence-electron chi connectivity index (χ3n) is 6.24. The molecule has 5 aliphatic carbocycles. The quantitative estimate of drug-likeness (QED) is 0.626. The molecule has 5 fully saturated rings. The van der Waals surface area contributed by atoms with E-state index in [9.17, 15) is 9.90 Å². The van der Waals surface area contributed by atoms with Crippen LogP contribution in [0.3, 0.4) is 0 Å². The van der Waals surface area contributed by atoms with Gasteiger partial charge < -0.3 is 5.11 Å². The third kappa shape index (κ3) is 0.474. The lowest BCUT2D eigenvalue weighted by Gasteiger charge is -2.38. The molecular weight excluding hydrogens is 176 g/mol. The maximum absolute atomic E-state index is 12.0. The van der Waals surface area contributed by atoms with E-state index in [1.807, 2.05) is 0 Å². The number of hydrogen-bond acceptors (Lipinski definition) is 2. The van der Waals surface area contributed by atoms with Crippen molar-refractivity contribution < 1.29 is 9.90 Å². The number of ketones is 1. The summed E-state index contributed by atoms with van der Waals surface area (Å²) in [5.74, 6) is 1.55. The highest BCUT2D eigenvalue weighted by molar-refractivity contribution is 5.91. The van der Waals surface area contributed by atoms with Crippen LogP contribution in [0.2, 0.25) is 0 Å². The van der Waals surface area contributed by atoms with Gasteiger partial charge in [0.1, 0.15) is 5.78 Å². The van der Waals surface area contributed by atoms with Gasteiger partial charge in [-0.25, -0.2) is 0 Å². The van der Waals surface area contributed by atoms with E-state index in [0.717, 1.165) is 12.8 Å². The van der Waals surface area contributed by atoms with Crippen molar-refractivity contribution in [3.8, 4) is 0 Å². The molecule has 5 rings (SSSR count). The Kier molecular flexibility index (Phi) is 0.959. The molecule has 14 heavy (non-hydrogen) atoms. The molecule has 76 valence electrons. The fraction of sp³-hybridized carbons (Fsp3) is 0.917. The molecule has 0 aliphatic heterocycles. The largest absolute Gasteiger partial charge is 0.392 e. The van der Waals surface area contributed by atoms with Crippen LogP contribution in [0.5, 0.6) is 0 Å². The summed E-state index contributed by atoms with van der Waals surface area (Å²) >= 11 is 0. The molecule has 7 unspecified atom stereocenters. The van der Waals surface area contributed by atoms with Gasteiger partial charge in [0.05, 0.1) is 6.10 Å². The van der Waals surface area contributed by atoms with Gasteiger partial charge in [0, 0.05) is 17.8 Å². The second kappa shape index (κ2) is 1.71. The van der Waals surface area contributed by atoms with Gasteiger partial charge in [-0.05, 0) is 29.6 Å². The van der Waals surface area contributed by atoms with Crippen molar-refractivity contribution in [2.24, 2.45) is 34.5 Å². The normalized spacial score (nSPS) is 72.8. The van der Waals surface area contributed by atoms with Crippen LogP contribution in [0.4, 0.5) is 0 Å². The van der Waals surface area contributed by atoms with E-state index < -0.39 is 0 Å². The van der Waals surface area contributed by atoms with Crippen LogP contribution in [0.1, 0.15) is 26.7 Å². The van der Waals surface area contributed by atoms with Crippen molar-refractivity contribution >= 4 is 5.78 Å². The van der Waals surface area contributed by atoms with Crippen LogP contribution in [0.15, 0.2) is 0 Å². The summed E-state index contributed by atoms with van der Waals surface area (Å²) < 4.78 is 0. The number of carbonyl (C=O) groups excluding carboxylic acids is 1. The van der Waals surface area contributed by atoms with E-state index in [0.29, 0.717) is 23.0 Å². The van der Waals surface area contributed by atoms with E-state index in [4.69, 9.17) is 0 Å². The molecule has 0 amide bonds. The predicted octanol–water partition coefficient (Wildman–Crippen LogP) is 1.23. The average molecular weight is 192 g/mol. The van der Waals surface area contributed by atoms with Gasteiger partial charge in [0.25, 0.3) is 0 Å². The minimum atomic E-state index is -0.164.